The highest BCUT2D eigenvalue weighted by molar-refractivity contribution is 6.13. The van der Waals surface area contributed by atoms with Crippen LogP contribution in [0.15, 0.2) is 61.1 Å². The van der Waals surface area contributed by atoms with Crippen molar-refractivity contribution in [3.63, 3.8) is 0 Å². The molecule has 5 rings (SSSR count). The molecule has 0 radical (unpaired) electrons. The lowest BCUT2D eigenvalue weighted by molar-refractivity contribution is 0.102. The monoisotopic (exact) mass is 425 g/mol. The molecule has 0 aliphatic carbocycles. The Balaban J connectivity index is 1.52. The average molecular weight is 425 g/mol. The van der Waals surface area contributed by atoms with E-state index < -0.39 is 0 Å². The van der Waals surface area contributed by atoms with Gasteiger partial charge in [-0.1, -0.05) is 12.1 Å². The summed E-state index contributed by atoms with van der Waals surface area (Å²) in [5.74, 6) is 0.237. The molecule has 0 aliphatic rings. The van der Waals surface area contributed by atoms with E-state index in [1.807, 2.05) is 62.8 Å². The first-order valence-corrected chi connectivity index (χ1v) is 10.2. The van der Waals surface area contributed by atoms with E-state index in [1.54, 1.807) is 12.4 Å². The molecule has 0 fully saturated rings. The lowest BCUT2D eigenvalue weighted by atomic mass is 9.99. The van der Waals surface area contributed by atoms with Gasteiger partial charge in [0.05, 0.1) is 29.0 Å². The molecule has 0 atom stereocenters. The predicted molar refractivity (Wildman–Crippen MR) is 127 cm³/mol. The Morgan fingerprint density at radius 1 is 1.12 bits per heavy atom. The van der Waals surface area contributed by atoms with Crippen molar-refractivity contribution in [2.24, 2.45) is 0 Å². The number of aromatic amines is 2. The van der Waals surface area contributed by atoms with Crippen molar-refractivity contribution in [3.05, 3.63) is 72.2 Å². The number of carbonyl (C=O) groups is 1. The van der Waals surface area contributed by atoms with Crippen LogP contribution in [-0.2, 0) is 6.54 Å². The summed E-state index contributed by atoms with van der Waals surface area (Å²) < 4.78 is 0. The highest BCUT2D eigenvalue weighted by atomic mass is 16.1. The number of fused-ring (bicyclic) bond motifs is 2. The number of anilines is 2. The van der Waals surface area contributed by atoms with Crippen molar-refractivity contribution in [3.8, 4) is 11.1 Å². The van der Waals surface area contributed by atoms with Crippen LogP contribution in [0.2, 0.25) is 0 Å². The van der Waals surface area contributed by atoms with Crippen LogP contribution < -0.4 is 11.1 Å². The first kappa shape index (κ1) is 19.8. The molecule has 0 aliphatic heterocycles. The lowest BCUT2D eigenvalue weighted by Gasteiger charge is -2.11. The second-order valence-electron chi connectivity index (χ2n) is 8.10. The van der Waals surface area contributed by atoms with E-state index in [0.717, 1.165) is 39.6 Å². The molecule has 0 bridgehead atoms. The largest absolute Gasteiger partial charge is 0.384 e. The van der Waals surface area contributed by atoms with Crippen LogP contribution in [0.25, 0.3) is 32.9 Å². The summed E-state index contributed by atoms with van der Waals surface area (Å²) in [6, 6.07) is 13.6. The molecule has 0 spiro atoms. The van der Waals surface area contributed by atoms with Gasteiger partial charge in [0.25, 0.3) is 5.91 Å². The minimum atomic E-state index is -0.206. The molecular weight excluding hydrogens is 402 g/mol. The molecule has 3 aromatic heterocycles. The van der Waals surface area contributed by atoms with Crippen LogP contribution in [0.4, 0.5) is 11.5 Å². The normalized spacial score (nSPS) is 11.5. The second-order valence-corrected chi connectivity index (χ2v) is 8.10. The summed E-state index contributed by atoms with van der Waals surface area (Å²) in [5, 5.41) is 11.9. The molecule has 5 aromatic rings. The van der Waals surface area contributed by atoms with Gasteiger partial charge in [0, 0.05) is 34.8 Å². The van der Waals surface area contributed by atoms with Gasteiger partial charge in [-0.15, -0.1) is 0 Å². The molecule has 1 amide bonds. The molecule has 8 heteroatoms. The Morgan fingerprint density at radius 2 is 1.94 bits per heavy atom. The van der Waals surface area contributed by atoms with Crippen molar-refractivity contribution in [2.75, 3.05) is 25.1 Å². The summed E-state index contributed by atoms with van der Waals surface area (Å²) >= 11 is 0. The van der Waals surface area contributed by atoms with Crippen molar-refractivity contribution in [1.29, 1.82) is 0 Å². The highest BCUT2D eigenvalue weighted by Crippen LogP contribution is 2.33. The molecule has 32 heavy (non-hydrogen) atoms. The third-order valence-corrected chi connectivity index (χ3v) is 5.40. The number of hydrogen-bond donors (Lipinski definition) is 4. The van der Waals surface area contributed by atoms with Gasteiger partial charge in [0.2, 0.25) is 0 Å². The van der Waals surface area contributed by atoms with E-state index in [-0.39, 0.29) is 5.91 Å². The first-order valence-electron chi connectivity index (χ1n) is 10.2. The number of carbonyl (C=O) groups excluding carboxylic acids is 1. The minimum Gasteiger partial charge on any atom is -0.384 e. The number of amides is 1. The fourth-order valence-corrected chi connectivity index (χ4v) is 3.93. The van der Waals surface area contributed by atoms with Crippen LogP contribution in [0.5, 0.6) is 0 Å². The number of pyridine rings is 1. The van der Waals surface area contributed by atoms with Crippen LogP contribution >= 0.6 is 0 Å². The highest BCUT2D eigenvalue weighted by Gasteiger charge is 2.16. The Labute approximate surface area is 184 Å². The number of benzene rings is 2. The lowest BCUT2D eigenvalue weighted by Crippen LogP contribution is -2.13. The van der Waals surface area contributed by atoms with Crippen LogP contribution in [0, 0.1) is 0 Å². The van der Waals surface area contributed by atoms with Crippen molar-refractivity contribution in [1.82, 2.24) is 25.1 Å². The summed E-state index contributed by atoms with van der Waals surface area (Å²) in [4.78, 5) is 22.7. The summed E-state index contributed by atoms with van der Waals surface area (Å²) in [6.07, 6.45) is 5.33. The third-order valence-electron chi connectivity index (χ3n) is 5.40. The number of nitrogens with zero attached hydrogens (tertiary/aromatic N) is 3. The number of rotatable bonds is 5. The second kappa shape index (κ2) is 7.82. The number of H-pyrrole nitrogens is 2. The molecule has 160 valence electrons. The van der Waals surface area contributed by atoms with E-state index in [1.165, 1.54) is 5.56 Å². The first-order chi connectivity index (χ1) is 15.5. The van der Waals surface area contributed by atoms with Gasteiger partial charge in [-0.2, -0.15) is 5.10 Å². The van der Waals surface area contributed by atoms with E-state index >= 15 is 0 Å². The average Bonchev–Trinajstić information content (AvgIpc) is 3.40. The molecule has 3 heterocycles. The summed E-state index contributed by atoms with van der Waals surface area (Å²) in [7, 11) is 4.05. The SMILES string of the molecule is CN(C)Cc1ccc(NC(=O)c2cc(-c3c[nH]c4cnc(N)cc34)cc3cn[nH]c23)cc1. The zero-order chi connectivity index (χ0) is 22.2. The number of hydrogen-bond acceptors (Lipinski definition) is 5. The zero-order valence-corrected chi connectivity index (χ0v) is 17.8. The zero-order valence-electron chi connectivity index (χ0n) is 17.8. The number of nitrogens with one attached hydrogen (secondary N) is 3. The summed E-state index contributed by atoms with van der Waals surface area (Å²) in [5.41, 5.74) is 11.7. The van der Waals surface area contributed by atoms with Crippen LogP contribution in [-0.4, -0.2) is 45.1 Å². The molecule has 0 unspecified atom stereocenters. The van der Waals surface area contributed by atoms with Crippen molar-refractivity contribution in [2.45, 2.75) is 6.54 Å². The maximum absolute atomic E-state index is 13.2. The molecular formula is C24H23N7O. The fourth-order valence-electron chi connectivity index (χ4n) is 3.93. The molecule has 0 saturated carbocycles. The third kappa shape index (κ3) is 3.67. The predicted octanol–water partition coefficient (Wildman–Crippen LogP) is 4.00. The summed E-state index contributed by atoms with van der Waals surface area (Å²) in [6.45, 7) is 0.843. The van der Waals surface area contributed by atoms with Gasteiger partial charge in [0.15, 0.2) is 0 Å². The van der Waals surface area contributed by atoms with Gasteiger partial charge in [0.1, 0.15) is 5.82 Å². The van der Waals surface area contributed by atoms with Gasteiger partial charge in [-0.05, 0) is 55.6 Å². The Hall–Kier alpha value is -4.17. The van der Waals surface area contributed by atoms with Gasteiger partial charge >= 0.3 is 0 Å². The smallest absolute Gasteiger partial charge is 0.257 e. The maximum atomic E-state index is 13.2. The standard InChI is InChI=1S/C24H23N7O/c1-31(2)13-14-3-5-17(6-4-14)29-24(32)19-8-15(7-16-10-28-30-23(16)19)20-11-26-21-12-27-22(25)9-18(20)21/h3-12,26H,13H2,1-2H3,(H2,25,27)(H,28,30)(H,29,32). The van der Waals surface area contributed by atoms with Gasteiger partial charge in [-0.25, -0.2) is 4.98 Å². The fraction of sp³-hybridized carbons (Fsp3) is 0.125. The Morgan fingerprint density at radius 3 is 2.72 bits per heavy atom. The van der Waals surface area contributed by atoms with Gasteiger partial charge < -0.3 is 20.9 Å². The molecule has 5 N–H and O–H groups in total. The van der Waals surface area contributed by atoms with Crippen LogP contribution in [0.3, 0.4) is 0 Å². The number of nitrogens with two attached hydrogens (primary N) is 1. The quantitative estimate of drug-likeness (QED) is 0.340. The van der Waals surface area contributed by atoms with E-state index in [2.05, 4.69) is 30.4 Å². The maximum Gasteiger partial charge on any atom is 0.257 e. The van der Waals surface area contributed by atoms with Crippen LogP contribution in [0.1, 0.15) is 15.9 Å². The van der Waals surface area contributed by atoms with E-state index in [9.17, 15) is 4.79 Å². The molecule has 2 aromatic carbocycles. The minimum absolute atomic E-state index is 0.206. The Kier molecular flexibility index (Phi) is 4.84. The van der Waals surface area contributed by atoms with E-state index in [0.29, 0.717) is 16.9 Å². The topological polar surface area (TPSA) is 116 Å². The van der Waals surface area contributed by atoms with Gasteiger partial charge in [-0.3, -0.25) is 9.89 Å². The van der Waals surface area contributed by atoms with Crippen molar-refractivity contribution < 1.29 is 4.79 Å². The number of aromatic nitrogens is 4. The number of nitrogen functional groups attached to an aromatic ring is 1. The Bertz CT molecular complexity index is 1430. The molecule has 8 nitrogen and oxygen atoms in total. The molecule has 0 saturated heterocycles. The van der Waals surface area contributed by atoms with E-state index in [4.69, 9.17) is 5.73 Å². The van der Waals surface area contributed by atoms with Crippen molar-refractivity contribution >= 4 is 39.2 Å².